The number of sulfonamides is 1. The summed E-state index contributed by atoms with van der Waals surface area (Å²) < 4.78 is 54.6. The number of alkyl halides is 2. The Morgan fingerprint density at radius 3 is 2.39 bits per heavy atom. The Bertz CT molecular complexity index is 1270. The fourth-order valence-corrected chi connectivity index (χ4v) is 5.14. The van der Waals surface area contributed by atoms with Gasteiger partial charge < -0.3 is 4.90 Å². The zero-order chi connectivity index (χ0) is 23.8. The molecule has 1 aromatic carbocycles. The van der Waals surface area contributed by atoms with E-state index in [1.165, 1.54) is 15.1 Å². The SMILES string of the molecule is CCS(=O)(=O)N1CCN(C(=O)Cn2nc(C)c3c(C(F)F)cc(-c4ccccc4)nc32)CC1. The van der Waals surface area contributed by atoms with Crippen molar-refractivity contribution in [2.24, 2.45) is 0 Å². The summed E-state index contributed by atoms with van der Waals surface area (Å²) in [7, 11) is -3.30. The predicted molar refractivity (Wildman–Crippen MR) is 120 cm³/mol. The fraction of sp³-hybridized carbons (Fsp3) is 0.409. The molecule has 3 aromatic rings. The van der Waals surface area contributed by atoms with Crippen LogP contribution in [-0.4, -0.2) is 70.2 Å². The van der Waals surface area contributed by atoms with Crippen LogP contribution in [0.15, 0.2) is 36.4 Å². The summed E-state index contributed by atoms with van der Waals surface area (Å²) in [6, 6.07) is 10.4. The van der Waals surface area contributed by atoms with E-state index in [1.54, 1.807) is 43.0 Å². The highest BCUT2D eigenvalue weighted by Crippen LogP contribution is 2.33. The first kappa shape index (κ1) is 23.2. The minimum atomic E-state index is -3.30. The minimum absolute atomic E-state index is 0.0153. The van der Waals surface area contributed by atoms with E-state index in [0.29, 0.717) is 17.0 Å². The summed E-state index contributed by atoms with van der Waals surface area (Å²) in [6.07, 6.45) is -2.72. The van der Waals surface area contributed by atoms with Crippen LogP contribution in [0.2, 0.25) is 0 Å². The standard InChI is InChI=1S/C22H25F2N5O3S/c1-3-33(31,32)28-11-9-27(10-12-28)19(30)14-29-22-20(15(2)26-29)17(21(23)24)13-18(25-22)16-7-5-4-6-8-16/h4-8,13,21H,3,9-12,14H2,1-2H3. The zero-order valence-corrected chi connectivity index (χ0v) is 19.2. The lowest BCUT2D eigenvalue weighted by Crippen LogP contribution is -2.51. The molecule has 0 unspecified atom stereocenters. The summed E-state index contributed by atoms with van der Waals surface area (Å²) in [5, 5.41) is 4.58. The smallest absolute Gasteiger partial charge is 0.264 e. The van der Waals surface area contributed by atoms with Crippen molar-refractivity contribution in [1.82, 2.24) is 24.0 Å². The van der Waals surface area contributed by atoms with Gasteiger partial charge in [-0.1, -0.05) is 30.3 Å². The fourth-order valence-electron chi connectivity index (χ4n) is 4.05. The molecule has 0 radical (unpaired) electrons. The summed E-state index contributed by atoms with van der Waals surface area (Å²) in [5.41, 5.74) is 1.49. The van der Waals surface area contributed by atoms with Crippen LogP contribution in [0.1, 0.15) is 24.6 Å². The summed E-state index contributed by atoms with van der Waals surface area (Å²) in [5.74, 6) is -0.250. The van der Waals surface area contributed by atoms with Gasteiger partial charge in [0.15, 0.2) is 5.65 Å². The molecule has 4 rings (SSSR count). The molecule has 176 valence electrons. The number of piperazine rings is 1. The average molecular weight is 478 g/mol. The van der Waals surface area contributed by atoms with Crippen LogP contribution in [0.3, 0.4) is 0 Å². The molecule has 0 atom stereocenters. The van der Waals surface area contributed by atoms with Crippen LogP contribution in [0.25, 0.3) is 22.3 Å². The molecule has 1 amide bonds. The maximum absolute atomic E-state index is 13.9. The molecule has 11 heteroatoms. The van der Waals surface area contributed by atoms with Crippen molar-refractivity contribution < 1.29 is 22.0 Å². The summed E-state index contributed by atoms with van der Waals surface area (Å²) in [4.78, 5) is 19.1. The molecule has 0 spiro atoms. The molecular formula is C22H25F2N5O3S. The number of nitrogens with zero attached hydrogens (tertiary/aromatic N) is 5. The van der Waals surface area contributed by atoms with E-state index < -0.39 is 16.4 Å². The van der Waals surface area contributed by atoms with E-state index in [2.05, 4.69) is 10.1 Å². The second kappa shape index (κ2) is 9.14. The number of aromatic nitrogens is 3. The maximum Gasteiger partial charge on any atom is 0.264 e. The van der Waals surface area contributed by atoms with Gasteiger partial charge in [-0.3, -0.25) is 4.79 Å². The Balaban J connectivity index is 1.63. The van der Waals surface area contributed by atoms with Gasteiger partial charge in [0.2, 0.25) is 15.9 Å². The molecule has 0 N–H and O–H groups in total. The number of benzene rings is 1. The second-order valence-corrected chi connectivity index (χ2v) is 10.1. The third kappa shape index (κ3) is 4.60. The number of halogens is 2. The van der Waals surface area contributed by atoms with Gasteiger partial charge in [0.25, 0.3) is 6.43 Å². The predicted octanol–water partition coefficient (Wildman–Crippen LogP) is 2.84. The zero-order valence-electron chi connectivity index (χ0n) is 18.4. The van der Waals surface area contributed by atoms with Gasteiger partial charge in [-0.2, -0.15) is 9.40 Å². The van der Waals surface area contributed by atoms with Crippen molar-refractivity contribution in [3.63, 3.8) is 0 Å². The largest absolute Gasteiger partial charge is 0.338 e. The number of fused-ring (bicyclic) bond motifs is 1. The Hall–Kier alpha value is -2.92. The Labute approximate surface area is 190 Å². The first-order valence-electron chi connectivity index (χ1n) is 10.7. The molecule has 0 bridgehead atoms. The number of pyridine rings is 1. The molecule has 0 saturated carbocycles. The van der Waals surface area contributed by atoms with Crippen LogP contribution < -0.4 is 0 Å². The number of hydrogen-bond donors (Lipinski definition) is 0. The number of carbonyl (C=O) groups is 1. The van der Waals surface area contributed by atoms with Crippen molar-refractivity contribution >= 4 is 27.0 Å². The number of hydrogen-bond acceptors (Lipinski definition) is 5. The summed E-state index contributed by atoms with van der Waals surface area (Å²) >= 11 is 0. The molecule has 1 aliphatic heterocycles. The number of carbonyl (C=O) groups excluding carboxylic acids is 1. The van der Waals surface area contributed by atoms with E-state index in [-0.39, 0.29) is 61.0 Å². The van der Waals surface area contributed by atoms with Crippen LogP contribution in [0.5, 0.6) is 0 Å². The molecule has 8 nitrogen and oxygen atoms in total. The van der Waals surface area contributed by atoms with Gasteiger partial charge in [-0.05, 0) is 19.9 Å². The lowest BCUT2D eigenvalue weighted by atomic mass is 10.1. The molecule has 0 aliphatic carbocycles. The minimum Gasteiger partial charge on any atom is -0.338 e. The monoisotopic (exact) mass is 477 g/mol. The molecule has 2 aromatic heterocycles. The molecular weight excluding hydrogens is 452 g/mol. The van der Waals surface area contributed by atoms with E-state index in [0.717, 1.165) is 0 Å². The van der Waals surface area contributed by atoms with Crippen LogP contribution in [-0.2, 0) is 21.4 Å². The normalized spacial score (nSPS) is 15.5. The van der Waals surface area contributed by atoms with Crippen molar-refractivity contribution in [1.29, 1.82) is 0 Å². The van der Waals surface area contributed by atoms with Crippen molar-refractivity contribution in [3.05, 3.63) is 47.7 Å². The Kier molecular flexibility index (Phi) is 6.44. The number of aryl methyl sites for hydroxylation is 1. The quantitative estimate of drug-likeness (QED) is 0.545. The number of amides is 1. The molecule has 33 heavy (non-hydrogen) atoms. The molecule has 1 fully saturated rings. The van der Waals surface area contributed by atoms with E-state index >= 15 is 0 Å². The van der Waals surface area contributed by atoms with E-state index in [4.69, 9.17) is 0 Å². The first-order chi connectivity index (χ1) is 15.7. The highest BCUT2D eigenvalue weighted by Gasteiger charge is 2.28. The molecule has 1 saturated heterocycles. The average Bonchev–Trinajstić information content (AvgIpc) is 3.14. The van der Waals surface area contributed by atoms with Gasteiger partial charge in [0.05, 0.1) is 22.5 Å². The lowest BCUT2D eigenvalue weighted by Gasteiger charge is -2.33. The highest BCUT2D eigenvalue weighted by molar-refractivity contribution is 7.89. The van der Waals surface area contributed by atoms with Crippen molar-refractivity contribution in [2.75, 3.05) is 31.9 Å². The van der Waals surface area contributed by atoms with E-state index in [1.807, 2.05) is 6.07 Å². The number of rotatable bonds is 6. The highest BCUT2D eigenvalue weighted by atomic mass is 32.2. The van der Waals surface area contributed by atoms with Crippen LogP contribution in [0.4, 0.5) is 8.78 Å². The third-order valence-electron chi connectivity index (χ3n) is 5.85. The molecule has 1 aliphatic rings. The summed E-state index contributed by atoms with van der Waals surface area (Å²) in [6.45, 7) is 4.02. The van der Waals surface area contributed by atoms with Crippen molar-refractivity contribution in [2.45, 2.75) is 26.8 Å². The van der Waals surface area contributed by atoms with Gasteiger partial charge in [-0.15, -0.1) is 0 Å². The lowest BCUT2D eigenvalue weighted by molar-refractivity contribution is -0.133. The van der Waals surface area contributed by atoms with Crippen molar-refractivity contribution in [3.8, 4) is 11.3 Å². The van der Waals surface area contributed by atoms with Crippen LogP contribution in [0, 0.1) is 6.92 Å². The third-order valence-corrected chi connectivity index (χ3v) is 7.73. The van der Waals surface area contributed by atoms with Gasteiger partial charge in [-0.25, -0.2) is 26.9 Å². The topological polar surface area (TPSA) is 88.4 Å². The Morgan fingerprint density at radius 2 is 1.79 bits per heavy atom. The first-order valence-corrected chi connectivity index (χ1v) is 12.3. The van der Waals surface area contributed by atoms with E-state index in [9.17, 15) is 22.0 Å². The van der Waals surface area contributed by atoms with Gasteiger partial charge in [0.1, 0.15) is 6.54 Å². The molecule has 3 heterocycles. The maximum atomic E-state index is 13.9. The van der Waals surface area contributed by atoms with Gasteiger partial charge in [0, 0.05) is 37.3 Å². The second-order valence-electron chi connectivity index (χ2n) is 7.89. The Morgan fingerprint density at radius 1 is 1.12 bits per heavy atom. The van der Waals surface area contributed by atoms with Crippen LogP contribution >= 0.6 is 0 Å². The van der Waals surface area contributed by atoms with Gasteiger partial charge >= 0.3 is 0 Å².